The summed E-state index contributed by atoms with van der Waals surface area (Å²) in [5.74, 6) is -0.328. The molecule has 1 aliphatic rings. The summed E-state index contributed by atoms with van der Waals surface area (Å²) in [4.78, 5) is 3.50. The molecule has 0 aliphatic carbocycles. The summed E-state index contributed by atoms with van der Waals surface area (Å²) in [6.07, 6.45) is 0.570. The molecule has 8 heteroatoms. The van der Waals surface area contributed by atoms with Crippen LogP contribution in [0.15, 0.2) is 23.1 Å². The first kappa shape index (κ1) is 15.3. The number of nitrogens with zero attached hydrogens (tertiary/aromatic N) is 2. The van der Waals surface area contributed by atoms with Crippen LogP contribution in [0, 0.1) is 19.7 Å². The molecule has 6 nitrogen and oxygen atoms in total. The Labute approximate surface area is 138 Å². The van der Waals surface area contributed by atoms with Gasteiger partial charge in [0.05, 0.1) is 11.4 Å². The molecule has 1 aromatic carbocycles. The number of H-pyrrole nitrogens is 2. The van der Waals surface area contributed by atoms with Gasteiger partial charge < -0.3 is 4.98 Å². The van der Waals surface area contributed by atoms with Crippen molar-refractivity contribution in [2.75, 3.05) is 6.54 Å². The van der Waals surface area contributed by atoms with E-state index in [0.717, 1.165) is 22.2 Å². The molecule has 3 heterocycles. The molecule has 24 heavy (non-hydrogen) atoms. The van der Waals surface area contributed by atoms with Crippen LogP contribution in [0.25, 0.3) is 10.9 Å². The first-order valence-electron chi connectivity index (χ1n) is 7.68. The van der Waals surface area contributed by atoms with E-state index >= 15 is 0 Å². The monoisotopic (exact) mass is 348 g/mol. The molecule has 2 N–H and O–H groups in total. The number of rotatable bonds is 2. The Morgan fingerprint density at radius 2 is 2.08 bits per heavy atom. The number of halogens is 1. The van der Waals surface area contributed by atoms with Crippen molar-refractivity contribution < 1.29 is 12.8 Å². The van der Waals surface area contributed by atoms with Crippen LogP contribution in [-0.2, 0) is 23.0 Å². The Morgan fingerprint density at radius 3 is 2.79 bits per heavy atom. The van der Waals surface area contributed by atoms with Gasteiger partial charge in [-0.05, 0) is 37.6 Å². The first-order chi connectivity index (χ1) is 11.4. The molecule has 0 saturated carbocycles. The number of nitrogens with one attached hydrogen (secondary N) is 2. The summed E-state index contributed by atoms with van der Waals surface area (Å²) in [6, 6.07) is 4.54. The Kier molecular flexibility index (Phi) is 3.29. The maximum absolute atomic E-state index is 13.6. The zero-order valence-electron chi connectivity index (χ0n) is 13.4. The molecule has 0 bridgehead atoms. The summed E-state index contributed by atoms with van der Waals surface area (Å²) < 4.78 is 41.0. The van der Waals surface area contributed by atoms with Gasteiger partial charge in [0.2, 0.25) is 10.0 Å². The topological polar surface area (TPSA) is 81.8 Å². The van der Waals surface area contributed by atoms with Crippen LogP contribution in [0.5, 0.6) is 0 Å². The molecule has 1 aliphatic heterocycles. The van der Waals surface area contributed by atoms with Crippen LogP contribution in [-0.4, -0.2) is 34.4 Å². The second-order valence-corrected chi connectivity index (χ2v) is 8.00. The Balaban J connectivity index is 1.79. The van der Waals surface area contributed by atoms with E-state index in [1.54, 1.807) is 19.9 Å². The van der Waals surface area contributed by atoms with Gasteiger partial charge in [-0.1, -0.05) is 0 Å². The lowest BCUT2D eigenvalue weighted by atomic mass is 10.1. The summed E-state index contributed by atoms with van der Waals surface area (Å²) in [5.41, 5.74) is 3.64. The molecular formula is C16H17FN4O2S. The van der Waals surface area contributed by atoms with Crippen molar-refractivity contribution in [2.45, 2.75) is 31.7 Å². The van der Waals surface area contributed by atoms with Crippen LogP contribution in [0.1, 0.15) is 22.6 Å². The average Bonchev–Trinajstić information content (AvgIpc) is 3.06. The second-order valence-electron chi connectivity index (χ2n) is 6.12. The smallest absolute Gasteiger partial charge is 0.247 e. The van der Waals surface area contributed by atoms with E-state index in [1.165, 1.54) is 16.4 Å². The minimum absolute atomic E-state index is 0.227. The molecule has 0 saturated heterocycles. The van der Waals surface area contributed by atoms with E-state index < -0.39 is 10.0 Å². The first-order valence-corrected chi connectivity index (χ1v) is 9.12. The van der Waals surface area contributed by atoms with E-state index in [0.29, 0.717) is 24.4 Å². The van der Waals surface area contributed by atoms with Crippen molar-refractivity contribution in [3.05, 3.63) is 46.7 Å². The van der Waals surface area contributed by atoms with Gasteiger partial charge in [0.1, 0.15) is 10.7 Å². The maximum Gasteiger partial charge on any atom is 0.247 e. The number of benzene rings is 1. The van der Waals surface area contributed by atoms with Crippen LogP contribution in [0.4, 0.5) is 4.39 Å². The highest BCUT2D eigenvalue weighted by molar-refractivity contribution is 7.89. The predicted octanol–water partition coefficient (Wildman–Crippen LogP) is 2.39. The standard InChI is InChI=1S/C16H17FN4O2S/c1-9-16(10(2)20-19-9)24(22,23)21-6-5-15-13(8-21)12-7-11(17)3-4-14(12)18-15/h3-4,7,18H,5-6,8H2,1-2H3,(H,19,20). The summed E-state index contributed by atoms with van der Waals surface area (Å²) in [7, 11) is -3.65. The van der Waals surface area contributed by atoms with Gasteiger partial charge in [0.25, 0.3) is 0 Å². The van der Waals surface area contributed by atoms with Gasteiger partial charge in [-0.15, -0.1) is 0 Å². The lowest BCUT2D eigenvalue weighted by molar-refractivity contribution is 0.390. The van der Waals surface area contributed by atoms with Crippen molar-refractivity contribution in [1.82, 2.24) is 19.5 Å². The normalized spacial score (nSPS) is 15.8. The number of aromatic amines is 2. The fraction of sp³-hybridized carbons (Fsp3) is 0.312. The minimum Gasteiger partial charge on any atom is -0.358 e. The highest BCUT2D eigenvalue weighted by atomic mass is 32.2. The van der Waals surface area contributed by atoms with Gasteiger partial charge in [-0.2, -0.15) is 9.40 Å². The van der Waals surface area contributed by atoms with Crippen molar-refractivity contribution in [3.63, 3.8) is 0 Å². The second kappa shape index (κ2) is 5.15. The van der Waals surface area contributed by atoms with E-state index in [-0.39, 0.29) is 17.3 Å². The summed E-state index contributed by atoms with van der Waals surface area (Å²) >= 11 is 0. The zero-order chi connectivity index (χ0) is 17.1. The Hall–Kier alpha value is -2.19. The Morgan fingerprint density at radius 1 is 1.29 bits per heavy atom. The van der Waals surface area contributed by atoms with Gasteiger partial charge in [-0.25, -0.2) is 12.8 Å². The SMILES string of the molecule is Cc1n[nH]c(C)c1S(=O)(=O)N1CCc2[nH]c3ccc(F)cc3c2C1. The molecule has 126 valence electrons. The molecule has 0 unspecified atom stereocenters. The highest BCUT2D eigenvalue weighted by Gasteiger charge is 2.33. The molecule has 0 fully saturated rings. The molecule has 0 amide bonds. The van der Waals surface area contributed by atoms with E-state index in [1.807, 2.05) is 0 Å². The van der Waals surface area contributed by atoms with Gasteiger partial charge in [0, 0.05) is 36.1 Å². The third-order valence-electron chi connectivity index (χ3n) is 4.56. The average molecular weight is 348 g/mol. The molecular weight excluding hydrogens is 331 g/mol. The number of sulfonamides is 1. The van der Waals surface area contributed by atoms with E-state index in [4.69, 9.17) is 0 Å². The quantitative estimate of drug-likeness (QED) is 0.746. The largest absolute Gasteiger partial charge is 0.358 e. The molecule has 2 aromatic heterocycles. The molecule has 3 aromatic rings. The molecule has 0 atom stereocenters. The van der Waals surface area contributed by atoms with Crippen molar-refractivity contribution >= 4 is 20.9 Å². The summed E-state index contributed by atoms with van der Waals surface area (Å²) in [5, 5.41) is 7.45. The summed E-state index contributed by atoms with van der Waals surface area (Å²) in [6.45, 7) is 3.98. The van der Waals surface area contributed by atoms with Gasteiger partial charge in [0.15, 0.2) is 0 Å². The zero-order valence-corrected chi connectivity index (χ0v) is 14.2. The lowest BCUT2D eigenvalue weighted by Crippen LogP contribution is -2.36. The molecule has 0 spiro atoms. The number of aryl methyl sites for hydroxylation is 2. The number of aromatic nitrogens is 3. The highest BCUT2D eigenvalue weighted by Crippen LogP contribution is 2.32. The number of hydrogen-bond acceptors (Lipinski definition) is 3. The Bertz CT molecular complexity index is 1030. The molecule has 0 radical (unpaired) electrons. The fourth-order valence-corrected chi connectivity index (χ4v) is 5.16. The maximum atomic E-state index is 13.6. The van der Waals surface area contributed by atoms with Crippen molar-refractivity contribution in [2.24, 2.45) is 0 Å². The fourth-order valence-electron chi connectivity index (χ4n) is 3.42. The van der Waals surface area contributed by atoms with E-state index in [9.17, 15) is 12.8 Å². The third kappa shape index (κ3) is 2.17. The van der Waals surface area contributed by atoms with E-state index in [2.05, 4.69) is 15.2 Å². The number of hydrogen-bond donors (Lipinski definition) is 2. The van der Waals surface area contributed by atoms with Crippen LogP contribution >= 0.6 is 0 Å². The third-order valence-corrected chi connectivity index (χ3v) is 6.67. The van der Waals surface area contributed by atoms with Gasteiger partial charge >= 0.3 is 0 Å². The van der Waals surface area contributed by atoms with Crippen molar-refractivity contribution in [1.29, 1.82) is 0 Å². The van der Waals surface area contributed by atoms with Crippen LogP contribution in [0.2, 0.25) is 0 Å². The lowest BCUT2D eigenvalue weighted by Gasteiger charge is -2.26. The van der Waals surface area contributed by atoms with Crippen molar-refractivity contribution in [3.8, 4) is 0 Å². The van der Waals surface area contributed by atoms with Gasteiger partial charge in [-0.3, -0.25) is 5.10 Å². The predicted molar refractivity (Wildman–Crippen MR) is 87.6 cm³/mol. The van der Waals surface area contributed by atoms with Crippen LogP contribution < -0.4 is 0 Å². The van der Waals surface area contributed by atoms with Crippen LogP contribution in [0.3, 0.4) is 0 Å². The minimum atomic E-state index is -3.65. The number of fused-ring (bicyclic) bond motifs is 3. The molecule has 4 rings (SSSR count).